The van der Waals surface area contributed by atoms with E-state index in [2.05, 4.69) is 12.2 Å². The molecule has 3 nitrogen and oxygen atoms in total. The van der Waals surface area contributed by atoms with E-state index in [9.17, 15) is 4.79 Å². The summed E-state index contributed by atoms with van der Waals surface area (Å²) in [6.07, 6.45) is 1.28. The average molecular weight is 142 g/mol. The number of rotatable bonds is 2. The van der Waals surface area contributed by atoms with Gasteiger partial charge in [-0.2, -0.15) is 0 Å². The molecule has 10 heavy (non-hydrogen) atoms. The molecule has 0 aromatic carbocycles. The van der Waals surface area contributed by atoms with Gasteiger partial charge in [0, 0.05) is 6.54 Å². The van der Waals surface area contributed by atoms with Gasteiger partial charge in [0.15, 0.2) is 0 Å². The van der Waals surface area contributed by atoms with Crippen LogP contribution in [-0.2, 0) is 4.79 Å². The summed E-state index contributed by atoms with van der Waals surface area (Å²) in [5.74, 6) is 0.231. The summed E-state index contributed by atoms with van der Waals surface area (Å²) in [6.45, 7) is 5.49. The van der Waals surface area contributed by atoms with E-state index in [1.54, 1.807) is 0 Å². The van der Waals surface area contributed by atoms with Crippen LogP contribution in [0.1, 0.15) is 20.3 Å². The van der Waals surface area contributed by atoms with Gasteiger partial charge in [0.05, 0.1) is 12.7 Å². The predicted molar refractivity (Wildman–Crippen MR) is 39.5 cm³/mol. The highest BCUT2D eigenvalue weighted by atomic mass is 16.2. The Kier molecular flexibility index (Phi) is 2.27. The van der Waals surface area contributed by atoms with E-state index in [1.807, 2.05) is 11.8 Å². The number of amides is 1. The smallest absolute Gasteiger partial charge is 0.237 e. The maximum atomic E-state index is 11.0. The number of carbonyl (C=O) groups is 1. The lowest BCUT2D eigenvalue weighted by Gasteiger charge is -2.19. The Balaban J connectivity index is 2.46. The SMILES string of the molecule is CCCN1C(=O)CNC1C. The molecule has 1 heterocycles. The zero-order valence-electron chi connectivity index (χ0n) is 6.55. The summed E-state index contributed by atoms with van der Waals surface area (Å²) < 4.78 is 0. The molecule has 0 aromatic rings. The predicted octanol–water partition coefficient (Wildman–Crippen LogP) is 0.174. The minimum Gasteiger partial charge on any atom is -0.326 e. The van der Waals surface area contributed by atoms with Gasteiger partial charge in [-0.25, -0.2) is 0 Å². The first-order chi connectivity index (χ1) is 4.75. The van der Waals surface area contributed by atoms with Crippen LogP contribution >= 0.6 is 0 Å². The molecule has 1 unspecified atom stereocenters. The number of carbonyl (C=O) groups excluding carboxylic acids is 1. The Morgan fingerprint density at radius 3 is 2.90 bits per heavy atom. The van der Waals surface area contributed by atoms with Crippen molar-refractivity contribution < 1.29 is 4.79 Å². The second kappa shape index (κ2) is 3.01. The number of hydrogen-bond donors (Lipinski definition) is 1. The van der Waals surface area contributed by atoms with Gasteiger partial charge < -0.3 is 4.90 Å². The Labute approximate surface area is 61.4 Å². The van der Waals surface area contributed by atoms with Crippen LogP contribution in [0, 0.1) is 0 Å². The Hall–Kier alpha value is -0.570. The Morgan fingerprint density at radius 2 is 2.50 bits per heavy atom. The quantitative estimate of drug-likeness (QED) is 0.596. The third-order valence-electron chi connectivity index (χ3n) is 1.80. The van der Waals surface area contributed by atoms with Crippen LogP contribution in [0.3, 0.4) is 0 Å². The van der Waals surface area contributed by atoms with Crippen molar-refractivity contribution in [2.24, 2.45) is 0 Å². The summed E-state index contributed by atoms with van der Waals surface area (Å²) in [6, 6.07) is 0. The molecule has 0 saturated carbocycles. The molecule has 0 radical (unpaired) electrons. The molecular weight excluding hydrogens is 128 g/mol. The molecule has 0 bridgehead atoms. The minimum absolute atomic E-state index is 0.231. The van der Waals surface area contributed by atoms with Crippen LogP contribution in [0.15, 0.2) is 0 Å². The third kappa shape index (κ3) is 1.29. The molecule has 1 aliphatic heterocycles. The fraction of sp³-hybridized carbons (Fsp3) is 0.857. The first-order valence-corrected chi connectivity index (χ1v) is 3.78. The van der Waals surface area contributed by atoms with E-state index in [1.165, 1.54) is 0 Å². The van der Waals surface area contributed by atoms with Gasteiger partial charge in [-0.1, -0.05) is 6.92 Å². The van der Waals surface area contributed by atoms with E-state index in [-0.39, 0.29) is 12.1 Å². The topological polar surface area (TPSA) is 32.3 Å². The lowest BCUT2D eigenvalue weighted by Crippen LogP contribution is -2.35. The molecule has 1 aliphatic rings. The van der Waals surface area contributed by atoms with E-state index in [0.29, 0.717) is 6.54 Å². The Bertz CT molecular complexity index is 136. The second-order valence-corrected chi connectivity index (χ2v) is 2.64. The largest absolute Gasteiger partial charge is 0.326 e. The van der Waals surface area contributed by atoms with Gasteiger partial charge >= 0.3 is 0 Å². The van der Waals surface area contributed by atoms with Crippen LogP contribution < -0.4 is 5.32 Å². The van der Waals surface area contributed by atoms with Gasteiger partial charge in [-0.05, 0) is 13.3 Å². The standard InChI is InChI=1S/C7H14N2O/c1-3-4-9-6(2)8-5-7(9)10/h6,8H,3-5H2,1-2H3. The number of hydrogen-bond acceptors (Lipinski definition) is 2. The van der Waals surface area contributed by atoms with Crippen molar-refractivity contribution >= 4 is 5.91 Å². The lowest BCUT2D eigenvalue weighted by atomic mass is 10.4. The normalized spacial score (nSPS) is 26.0. The molecule has 1 atom stereocenters. The molecule has 1 N–H and O–H groups in total. The maximum Gasteiger partial charge on any atom is 0.237 e. The first-order valence-electron chi connectivity index (χ1n) is 3.78. The van der Waals surface area contributed by atoms with Gasteiger partial charge in [0.1, 0.15) is 0 Å². The number of nitrogens with one attached hydrogen (secondary N) is 1. The molecule has 0 aromatic heterocycles. The fourth-order valence-corrected chi connectivity index (χ4v) is 1.22. The van der Waals surface area contributed by atoms with Crippen LogP contribution in [0.5, 0.6) is 0 Å². The second-order valence-electron chi connectivity index (χ2n) is 2.64. The van der Waals surface area contributed by atoms with Crippen molar-refractivity contribution in [2.75, 3.05) is 13.1 Å². The molecule has 1 amide bonds. The van der Waals surface area contributed by atoms with Crippen LogP contribution in [0.25, 0.3) is 0 Å². The minimum atomic E-state index is 0.231. The van der Waals surface area contributed by atoms with Gasteiger partial charge in [-0.15, -0.1) is 0 Å². The number of nitrogens with zero attached hydrogens (tertiary/aromatic N) is 1. The summed E-state index contributed by atoms with van der Waals surface area (Å²) in [4.78, 5) is 12.9. The van der Waals surface area contributed by atoms with Crippen molar-refractivity contribution in [2.45, 2.75) is 26.4 Å². The lowest BCUT2D eigenvalue weighted by molar-refractivity contribution is -0.127. The van der Waals surface area contributed by atoms with Gasteiger partial charge in [-0.3, -0.25) is 10.1 Å². The highest BCUT2D eigenvalue weighted by molar-refractivity contribution is 5.80. The third-order valence-corrected chi connectivity index (χ3v) is 1.80. The summed E-state index contributed by atoms with van der Waals surface area (Å²) in [5.41, 5.74) is 0. The van der Waals surface area contributed by atoms with Crippen LogP contribution in [-0.4, -0.2) is 30.1 Å². The van der Waals surface area contributed by atoms with E-state index < -0.39 is 0 Å². The molecule has 1 fully saturated rings. The molecule has 3 heteroatoms. The molecule has 0 spiro atoms. The monoisotopic (exact) mass is 142 g/mol. The van der Waals surface area contributed by atoms with Gasteiger partial charge in [0.2, 0.25) is 5.91 Å². The van der Waals surface area contributed by atoms with E-state index >= 15 is 0 Å². The highest BCUT2D eigenvalue weighted by Gasteiger charge is 2.25. The van der Waals surface area contributed by atoms with Crippen molar-refractivity contribution in [3.05, 3.63) is 0 Å². The highest BCUT2D eigenvalue weighted by Crippen LogP contribution is 2.03. The van der Waals surface area contributed by atoms with Crippen molar-refractivity contribution in [1.82, 2.24) is 10.2 Å². The van der Waals surface area contributed by atoms with Crippen molar-refractivity contribution in [1.29, 1.82) is 0 Å². The zero-order chi connectivity index (χ0) is 7.56. The van der Waals surface area contributed by atoms with Crippen molar-refractivity contribution in [3.8, 4) is 0 Å². The molecule has 1 rings (SSSR count). The van der Waals surface area contributed by atoms with Crippen molar-refractivity contribution in [3.63, 3.8) is 0 Å². The van der Waals surface area contributed by atoms with Gasteiger partial charge in [0.25, 0.3) is 0 Å². The molecule has 58 valence electrons. The van der Waals surface area contributed by atoms with E-state index in [4.69, 9.17) is 0 Å². The molecule has 0 aliphatic carbocycles. The first kappa shape index (κ1) is 7.54. The fourth-order valence-electron chi connectivity index (χ4n) is 1.22. The Morgan fingerprint density at radius 1 is 1.80 bits per heavy atom. The van der Waals surface area contributed by atoms with Crippen LogP contribution in [0.2, 0.25) is 0 Å². The summed E-state index contributed by atoms with van der Waals surface area (Å²) >= 11 is 0. The zero-order valence-corrected chi connectivity index (χ0v) is 6.55. The molecule has 1 saturated heterocycles. The summed E-state index contributed by atoms with van der Waals surface area (Å²) in [5, 5.41) is 3.08. The average Bonchev–Trinajstić information content (AvgIpc) is 2.20. The maximum absolute atomic E-state index is 11.0. The van der Waals surface area contributed by atoms with E-state index in [0.717, 1.165) is 13.0 Å². The summed E-state index contributed by atoms with van der Waals surface area (Å²) in [7, 11) is 0. The molecular formula is C7H14N2O. The van der Waals surface area contributed by atoms with Crippen LogP contribution in [0.4, 0.5) is 0 Å².